The first-order chi connectivity index (χ1) is 11.5. The lowest BCUT2D eigenvalue weighted by atomic mass is 10.0. The number of thiophene rings is 1. The Morgan fingerprint density at radius 3 is 2.58 bits per heavy atom. The third-order valence-corrected chi connectivity index (χ3v) is 5.70. The first-order valence-electron chi connectivity index (χ1n) is 7.49. The zero-order valence-electron chi connectivity index (χ0n) is 13.4. The van der Waals surface area contributed by atoms with E-state index in [2.05, 4.69) is 28.9 Å². The Labute approximate surface area is 145 Å². The van der Waals surface area contributed by atoms with Crippen LogP contribution in [0.2, 0.25) is 0 Å². The van der Waals surface area contributed by atoms with E-state index in [4.69, 9.17) is 0 Å². The maximum atomic E-state index is 12.4. The number of nitrogens with one attached hydrogen (secondary N) is 1. The molecular formula is C16H18N4O2S2. The average Bonchev–Trinajstić information content (AvgIpc) is 3.24. The number of aromatic nitrogens is 3. The van der Waals surface area contributed by atoms with E-state index in [1.54, 1.807) is 34.3 Å². The standard InChI is InChI=1S/C16H18N4O2S2/c1-12(2)13-3-5-16(6-4-13)24(21,22)17-9-14-10-20(19-18-14)15-7-8-23-11-15/h3-8,10-12,17H,9H2,1-2H3. The molecule has 0 spiro atoms. The van der Waals surface area contributed by atoms with Crippen LogP contribution in [0.1, 0.15) is 31.0 Å². The Hall–Kier alpha value is -2.03. The van der Waals surface area contributed by atoms with Gasteiger partial charge in [-0.25, -0.2) is 17.8 Å². The second-order valence-corrected chi connectivity index (χ2v) is 8.23. The van der Waals surface area contributed by atoms with Gasteiger partial charge in [0.05, 0.1) is 29.0 Å². The molecule has 0 unspecified atom stereocenters. The third kappa shape index (κ3) is 3.72. The largest absolute Gasteiger partial charge is 0.240 e. The summed E-state index contributed by atoms with van der Waals surface area (Å²) < 4.78 is 28.9. The number of nitrogens with zero attached hydrogens (tertiary/aromatic N) is 3. The van der Waals surface area contributed by atoms with E-state index in [0.29, 0.717) is 11.6 Å². The fourth-order valence-corrected chi connectivity index (χ4v) is 3.80. The minimum Gasteiger partial charge on any atom is -0.220 e. The van der Waals surface area contributed by atoms with Crippen molar-refractivity contribution in [2.75, 3.05) is 0 Å². The highest BCUT2D eigenvalue weighted by Gasteiger charge is 2.15. The molecule has 0 saturated carbocycles. The van der Waals surface area contributed by atoms with Crippen LogP contribution >= 0.6 is 11.3 Å². The van der Waals surface area contributed by atoms with Crippen molar-refractivity contribution in [1.82, 2.24) is 19.7 Å². The zero-order valence-corrected chi connectivity index (χ0v) is 15.0. The van der Waals surface area contributed by atoms with Crippen LogP contribution in [0.4, 0.5) is 0 Å². The predicted molar refractivity (Wildman–Crippen MR) is 93.8 cm³/mol. The summed E-state index contributed by atoms with van der Waals surface area (Å²) in [5, 5.41) is 11.9. The van der Waals surface area contributed by atoms with Crippen molar-refractivity contribution in [2.45, 2.75) is 31.2 Å². The van der Waals surface area contributed by atoms with Gasteiger partial charge in [0.2, 0.25) is 10.0 Å². The zero-order chi connectivity index (χ0) is 17.2. The van der Waals surface area contributed by atoms with Gasteiger partial charge in [-0.3, -0.25) is 0 Å². The fourth-order valence-electron chi connectivity index (χ4n) is 2.18. The highest BCUT2D eigenvalue weighted by molar-refractivity contribution is 7.89. The van der Waals surface area contributed by atoms with Crippen LogP contribution in [-0.4, -0.2) is 23.4 Å². The van der Waals surface area contributed by atoms with E-state index in [0.717, 1.165) is 11.3 Å². The van der Waals surface area contributed by atoms with Gasteiger partial charge < -0.3 is 0 Å². The smallest absolute Gasteiger partial charge is 0.220 e. The summed E-state index contributed by atoms with van der Waals surface area (Å²) in [7, 11) is -3.57. The molecule has 8 heteroatoms. The van der Waals surface area contributed by atoms with Crippen molar-refractivity contribution in [3.05, 3.63) is 58.5 Å². The van der Waals surface area contributed by atoms with Gasteiger partial charge >= 0.3 is 0 Å². The van der Waals surface area contributed by atoms with Gasteiger partial charge in [0.15, 0.2) is 0 Å². The molecule has 3 aromatic rings. The van der Waals surface area contributed by atoms with Gasteiger partial charge in [-0.1, -0.05) is 31.2 Å². The van der Waals surface area contributed by atoms with Gasteiger partial charge in [-0.2, -0.15) is 11.3 Å². The molecule has 0 aliphatic carbocycles. The molecule has 1 N–H and O–H groups in total. The summed E-state index contributed by atoms with van der Waals surface area (Å²) in [5.74, 6) is 0.363. The normalized spacial score (nSPS) is 12.0. The fraction of sp³-hybridized carbons (Fsp3) is 0.250. The Kier molecular flexibility index (Phi) is 4.79. The van der Waals surface area contributed by atoms with Gasteiger partial charge in [-0.15, -0.1) is 5.10 Å². The second kappa shape index (κ2) is 6.84. The molecule has 0 amide bonds. The molecule has 0 atom stereocenters. The first-order valence-corrected chi connectivity index (χ1v) is 9.92. The van der Waals surface area contributed by atoms with E-state index in [1.165, 1.54) is 0 Å². The Bertz CT molecular complexity index is 898. The maximum absolute atomic E-state index is 12.4. The van der Waals surface area contributed by atoms with Gasteiger partial charge in [0.25, 0.3) is 0 Å². The first kappa shape index (κ1) is 16.8. The Morgan fingerprint density at radius 1 is 1.21 bits per heavy atom. The van der Waals surface area contributed by atoms with E-state index in [9.17, 15) is 8.42 Å². The Morgan fingerprint density at radius 2 is 1.96 bits per heavy atom. The van der Waals surface area contributed by atoms with Crippen molar-refractivity contribution in [1.29, 1.82) is 0 Å². The lowest BCUT2D eigenvalue weighted by Gasteiger charge is -2.08. The molecule has 6 nitrogen and oxygen atoms in total. The number of benzene rings is 1. The summed E-state index contributed by atoms with van der Waals surface area (Å²) in [6.45, 7) is 4.23. The van der Waals surface area contributed by atoms with Gasteiger partial charge in [0.1, 0.15) is 0 Å². The van der Waals surface area contributed by atoms with Crippen molar-refractivity contribution < 1.29 is 8.42 Å². The van der Waals surface area contributed by atoms with Crippen LogP contribution in [0.15, 0.2) is 52.2 Å². The number of sulfonamides is 1. The molecule has 0 fully saturated rings. The minimum atomic E-state index is -3.57. The molecule has 126 valence electrons. The maximum Gasteiger partial charge on any atom is 0.240 e. The van der Waals surface area contributed by atoms with Crippen LogP contribution in [0.3, 0.4) is 0 Å². The molecule has 1 aromatic carbocycles. The third-order valence-electron chi connectivity index (χ3n) is 3.61. The second-order valence-electron chi connectivity index (χ2n) is 5.68. The summed E-state index contributed by atoms with van der Waals surface area (Å²) in [5.41, 5.74) is 2.57. The number of hydrogen-bond acceptors (Lipinski definition) is 5. The highest BCUT2D eigenvalue weighted by atomic mass is 32.2. The topological polar surface area (TPSA) is 76.9 Å². The van der Waals surface area contributed by atoms with E-state index in [1.807, 2.05) is 29.0 Å². The molecule has 2 heterocycles. The van der Waals surface area contributed by atoms with E-state index < -0.39 is 10.0 Å². The molecule has 2 aromatic heterocycles. The van der Waals surface area contributed by atoms with Crippen molar-refractivity contribution in [2.24, 2.45) is 0 Å². The van der Waals surface area contributed by atoms with Crippen molar-refractivity contribution >= 4 is 21.4 Å². The minimum absolute atomic E-state index is 0.0956. The number of rotatable bonds is 6. The summed E-state index contributed by atoms with van der Waals surface area (Å²) in [6, 6.07) is 8.85. The molecule has 24 heavy (non-hydrogen) atoms. The predicted octanol–water partition coefficient (Wildman–Crippen LogP) is 2.93. The van der Waals surface area contributed by atoms with Crippen LogP contribution in [-0.2, 0) is 16.6 Å². The molecular weight excluding hydrogens is 344 g/mol. The van der Waals surface area contributed by atoms with Crippen LogP contribution in [0.25, 0.3) is 5.69 Å². The summed E-state index contributed by atoms with van der Waals surface area (Å²) in [6.07, 6.45) is 1.71. The van der Waals surface area contributed by atoms with Crippen molar-refractivity contribution in [3.8, 4) is 5.69 Å². The van der Waals surface area contributed by atoms with E-state index >= 15 is 0 Å². The summed E-state index contributed by atoms with van der Waals surface area (Å²) >= 11 is 1.56. The average molecular weight is 362 g/mol. The summed E-state index contributed by atoms with van der Waals surface area (Å²) in [4.78, 5) is 0.247. The monoisotopic (exact) mass is 362 g/mol. The molecule has 0 aliphatic heterocycles. The lowest BCUT2D eigenvalue weighted by molar-refractivity contribution is 0.580. The quantitative estimate of drug-likeness (QED) is 0.731. The highest BCUT2D eigenvalue weighted by Crippen LogP contribution is 2.17. The molecule has 0 saturated heterocycles. The van der Waals surface area contributed by atoms with Gasteiger partial charge in [0, 0.05) is 5.38 Å². The van der Waals surface area contributed by atoms with E-state index in [-0.39, 0.29) is 11.4 Å². The van der Waals surface area contributed by atoms with Crippen LogP contribution in [0.5, 0.6) is 0 Å². The molecule has 0 bridgehead atoms. The Balaban J connectivity index is 1.69. The number of hydrogen-bond donors (Lipinski definition) is 1. The van der Waals surface area contributed by atoms with Crippen LogP contribution < -0.4 is 4.72 Å². The SMILES string of the molecule is CC(C)c1ccc(S(=O)(=O)NCc2cn(-c3ccsc3)nn2)cc1. The van der Waals surface area contributed by atoms with Crippen molar-refractivity contribution in [3.63, 3.8) is 0 Å². The van der Waals surface area contributed by atoms with Crippen LogP contribution in [0, 0.1) is 0 Å². The molecule has 0 radical (unpaired) electrons. The molecule has 0 aliphatic rings. The molecule has 3 rings (SSSR count). The lowest BCUT2D eigenvalue weighted by Crippen LogP contribution is -2.23. The van der Waals surface area contributed by atoms with Gasteiger partial charge in [-0.05, 0) is 35.1 Å².